The smallest absolute Gasteiger partial charge is 0.191 e. The second kappa shape index (κ2) is 10.8. The predicted octanol–water partition coefficient (Wildman–Crippen LogP) is 3.01. The lowest BCUT2D eigenvalue weighted by atomic mass is 10.2. The summed E-state index contributed by atoms with van der Waals surface area (Å²) in [7, 11) is 1.70. The minimum atomic E-state index is -0.312. The highest BCUT2D eigenvalue weighted by Crippen LogP contribution is 2.14. The third-order valence-electron chi connectivity index (χ3n) is 4.07. The Morgan fingerprint density at radius 2 is 2.07 bits per heavy atom. The van der Waals surface area contributed by atoms with E-state index in [1.54, 1.807) is 19.2 Å². The molecule has 0 radical (unpaired) electrons. The number of pyridine rings is 1. The van der Waals surface area contributed by atoms with Gasteiger partial charge in [0.2, 0.25) is 0 Å². The first-order chi connectivity index (χ1) is 13.2. The van der Waals surface area contributed by atoms with Gasteiger partial charge in [-0.1, -0.05) is 19.1 Å². The topological polar surface area (TPSA) is 75.8 Å². The zero-order chi connectivity index (χ0) is 19.1. The molecule has 1 unspecified atom stereocenters. The van der Waals surface area contributed by atoms with Gasteiger partial charge in [-0.15, -0.1) is 34.2 Å². The summed E-state index contributed by atoms with van der Waals surface area (Å²) in [4.78, 5) is 4.22. The Balaban J connectivity index is 0.00000280. The van der Waals surface area contributed by atoms with Gasteiger partial charge in [0.1, 0.15) is 17.7 Å². The number of guanidine groups is 1. The van der Waals surface area contributed by atoms with Crippen LogP contribution in [-0.4, -0.2) is 40.3 Å². The second-order valence-electron chi connectivity index (χ2n) is 5.96. The van der Waals surface area contributed by atoms with E-state index in [0.29, 0.717) is 24.8 Å². The summed E-state index contributed by atoms with van der Waals surface area (Å²) in [6, 6.07) is 11.9. The van der Waals surface area contributed by atoms with E-state index in [0.717, 1.165) is 17.9 Å². The molecule has 0 bridgehead atoms. The van der Waals surface area contributed by atoms with Crippen molar-refractivity contribution in [1.29, 1.82) is 0 Å². The largest absolute Gasteiger partial charge is 0.489 e. The van der Waals surface area contributed by atoms with E-state index in [2.05, 4.69) is 25.8 Å². The Labute approximate surface area is 180 Å². The van der Waals surface area contributed by atoms with Crippen molar-refractivity contribution in [2.75, 3.05) is 13.6 Å². The quantitative estimate of drug-likeness (QED) is 0.298. The fourth-order valence-corrected chi connectivity index (χ4v) is 2.61. The van der Waals surface area contributed by atoms with Crippen LogP contribution in [0.5, 0.6) is 5.75 Å². The monoisotopic (exact) mass is 498 g/mol. The van der Waals surface area contributed by atoms with Crippen molar-refractivity contribution in [3.63, 3.8) is 0 Å². The lowest BCUT2D eigenvalue weighted by Crippen LogP contribution is -2.42. The average molecular weight is 498 g/mol. The molecule has 0 spiro atoms. The van der Waals surface area contributed by atoms with Crippen LogP contribution in [0.1, 0.15) is 19.2 Å². The zero-order valence-electron chi connectivity index (χ0n) is 15.8. The standard InChI is InChI=1S/C19H23FN6O.HI/c1-3-15(27-16-8-6-7-14(20)11-16)12-22-19(21-2)23-13-18-25-24-17-9-4-5-10-26(17)18;/h4-11,15H,3,12-13H2,1-2H3,(H2,21,22,23);1H. The van der Waals surface area contributed by atoms with Gasteiger partial charge in [0, 0.05) is 19.3 Å². The van der Waals surface area contributed by atoms with Crippen LogP contribution in [-0.2, 0) is 6.54 Å². The van der Waals surface area contributed by atoms with Crippen molar-refractivity contribution in [3.05, 3.63) is 60.3 Å². The molecule has 2 heterocycles. The van der Waals surface area contributed by atoms with Gasteiger partial charge < -0.3 is 15.4 Å². The van der Waals surface area contributed by atoms with Crippen LogP contribution in [0.4, 0.5) is 4.39 Å². The number of hydrogen-bond donors (Lipinski definition) is 2. The number of nitrogens with zero attached hydrogens (tertiary/aromatic N) is 4. The first kappa shape index (κ1) is 21.9. The maximum atomic E-state index is 13.3. The van der Waals surface area contributed by atoms with E-state index >= 15 is 0 Å². The number of benzene rings is 1. The highest BCUT2D eigenvalue weighted by atomic mass is 127. The van der Waals surface area contributed by atoms with E-state index < -0.39 is 0 Å². The second-order valence-corrected chi connectivity index (χ2v) is 5.96. The van der Waals surface area contributed by atoms with E-state index in [4.69, 9.17) is 4.74 Å². The number of hydrogen-bond acceptors (Lipinski definition) is 4. The van der Waals surface area contributed by atoms with Crippen LogP contribution in [0.2, 0.25) is 0 Å². The molecular formula is C19H24FIN6O. The molecule has 0 aliphatic heterocycles. The van der Waals surface area contributed by atoms with Crippen molar-refractivity contribution in [1.82, 2.24) is 25.2 Å². The molecule has 2 N–H and O–H groups in total. The number of fused-ring (bicyclic) bond motifs is 1. The Bertz CT molecular complexity index is 916. The lowest BCUT2D eigenvalue weighted by Gasteiger charge is -2.20. The number of nitrogens with one attached hydrogen (secondary N) is 2. The molecule has 9 heteroatoms. The summed E-state index contributed by atoms with van der Waals surface area (Å²) in [5.74, 6) is 1.62. The van der Waals surface area contributed by atoms with Crippen molar-refractivity contribution in [3.8, 4) is 5.75 Å². The maximum Gasteiger partial charge on any atom is 0.191 e. The maximum absolute atomic E-state index is 13.3. The Kier molecular flexibility index (Phi) is 8.42. The third kappa shape index (κ3) is 5.78. The molecule has 0 aliphatic rings. The number of aliphatic imine (C=N–C) groups is 1. The normalized spacial score (nSPS) is 12.3. The Morgan fingerprint density at radius 3 is 2.82 bits per heavy atom. The van der Waals surface area contributed by atoms with Crippen LogP contribution >= 0.6 is 24.0 Å². The first-order valence-electron chi connectivity index (χ1n) is 8.85. The van der Waals surface area contributed by atoms with Gasteiger partial charge in [-0.25, -0.2) is 4.39 Å². The predicted molar refractivity (Wildman–Crippen MR) is 118 cm³/mol. The molecular weight excluding hydrogens is 474 g/mol. The van der Waals surface area contributed by atoms with E-state index in [-0.39, 0.29) is 35.9 Å². The molecule has 150 valence electrons. The fraction of sp³-hybridized carbons (Fsp3) is 0.316. The third-order valence-corrected chi connectivity index (χ3v) is 4.07. The van der Waals surface area contributed by atoms with Gasteiger partial charge in [-0.2, -0.15) is 0 Å². The van der Waals surface area contributed by atoms with Gasteiger partial charge in [0.25, 0.3) is 0 Å². The number of halogens is 2. The molecule has 0 amide bonds. The van der Waals surface area contributed by atoms with Crippen LogP contribution in [0.15, 0.2) is 53.7 Å². The summed E-state index contributed by atoms with van der Waals surface area (Å²) in [5.41, 5.74) is 0.798. The van der Waals surface area contributed by atoms with E-state index in [1.807, 2.05) is 35.7 Å². The molecule has 3 aromatic rings. The molecule has 7 nitrogen and oxygen atoms in total. The zero-order valence-corrected chi connectivity index (χ0v) is 18.1. The number of ether oxygens (including phenoxy) is 1. The molecule has 1 atom stereocenters. The van der Waals surface area contributed by atoms with Gasteiger partial charge in [-0.3, -0.25) is 9.39 Å². The average Bonchev–Trinajstić information content (AvgIpc) is 3.10. The highest BCUT2D eigenvalue weighted by Gasteiger charge is 2.11. The molecule has 0 aliphatic carbocycles. The van der Waals surface area contributed by atoms with Crippen LogP contribution in [0.25, 0.3) is 5.65 Å². The minimum Gasteiger partial charge on any atom is -0.489 e. The Hall–Kier alpha value is -2.43. The number of rotatable bonds is 7. The first-order valence-corrected chi connectivity index (χ1v) is 8.85. The summed E-state index contributed by atoms with van der Waals surface area (Å²) in [6.45, 7) is 3.03. The SMILES string of the molecule is CCC(CNC(=NC)NCc1nnc2ccccn12)Oc1cccc(F)c1.I. The molecule has 1 aromatic carbocycles. The van der Waals surface area contributed by atoms with Gasteiger partial charge in [-0.05, 0) is 30.7 Å². The summed E-state index contributed by atoms with van der Waals surface area (Å²) in [6.07, 6.45) is 2.58. The molecule has 0 saturated heterocycles. The summed E-state index contributed by atoms with van der Waals surface area (Å²) >= 11 is 0. The van der Waals surface area contributed by atoms with Crippen molar-refractivity contribution in [2.45, 2.75) is 26.0 Å². The van der Waals surface area contributed by atoms with Crippen LogP contribution in [0.3, 0.4) is 0 Å². The summed E-state index contributed by atoms with van der Waals surface area (Å²) in [5, 5.41) is 14.8. The minimum absolute atomic E-state index is 0. The van der Waals surface area contributed by atoms with Gasteiger partial charge in [0.05, 0.1) is 13.1 Å². The van der Waals surface area contributed by atoms with Crippen molar-refractivity contribution >= 4 is 35.6 Å². The van der Waals surface area contributed by atoms with E-state index in [1.165, 1.54) is 12.1 Å². The van der Waals surface area contributed by atoms with Gasteiger partial charge >= 0.3 is 0 Å². The molecule has 2 aromatic heterocycles. The van der Waals surface area contributed by atoms with E-state index in [9.17, 15) is 4.39 Å². The highest BCUT2D eigenvalue weighted by molar-refractivity contribution is 14.0. The Morgan fingerprint density at radius 1 is 1.21 bits per heavy atom. The van der Waals surface area contributed by atoms with Crippen molar-refractivity contribution < 1.29 is 9.13 Å². The van der Waals surface area contributed by atoms with Crippen LogP contribution in [0, 0.1) is 5.82 Å². The summed E-state index contributed by atoms with van der Waals surface area (Å²) < 4.78 is 21.1. The number of aromatic nitrogens is 3. The molecule has 0 saturated carbocycles. The van der Waals surface area contributed by atoms with Crippen LogP contribution < -0.4 is 15.4 Å². The molecule has 28 heavy (non-hydrogen) atoms. The lowest BCUT2D eigenvalue weighted by molar-refractivity contribution is 0.198. The van der Waals surface area contributed by atoms with Crippen molar-refractivity contribution in [2.24, 2.45) is 4.99 Å². The molecule has 3 rings (SSSR count). The fourth-order valence-electron chi connectivity index (χ4n) is 2.61. The molecule has 0 fully saturated rings. The van der Waals surface area contributed by atoms with Gasteiger partial charge in [0.15, 0.2) is 17.4 Å².